The van der Waals surface area contributed by atoms with Crippen LogP contribution in [0.2, 0.25) is 0 Å². The van der Waals surface area contributed by atoms with Gasteiger partial charge in [0.2, 0.25) is 0 Å². The number of hydrogen-bond acceptors (Lipinski definition) is 2. The standard InChI is InChI=1S/C12H16BrF3N2/c1-8(17)9-3-4-11(10(13)7-9)18(2)6-5-12(14,15)16/h3-4,7-8H,5-6,17H2,1-2H3/t8-/m0/s1. The summed E-state index contributed by atoms with van der Waals surface area (Å²) in [5.74, 6) is 0. The molecule has 102 valence electrons. The van der Waals surface area contributed by atoms with Gasteiger partial charge < -0.3 is 10.6 Å². The largest absolute Gasteiger partial charge is 0.390 e. The lowest BCUT2D eigenvalue weighted by atomic mass is 10.1. The van der Waals surface area contributed by atoms with E-state index in [1.54, 1.807) is 18.0 Å². The average molecular weight is 325 g/mol. The van der Waals surface area contributed by atoms with Crippen molar-refractivity contribution in [1.29, 1.82) is 0 Å². The van der Waals surface area contributed by atoms with Crippen LogP contribution in [-0.4, -0.2) is 19.8 Å². The number of nitrogens with two attached hydrogens (primary N) is 1. The Morgan fingerprint density at radius 3 is 2.44 bits per heavy atom. The summed E-state index contributed by atoms with van der Waals surface area (Å²) in [6, 6.07) is 5.34. The van der Waals surface area contributed by atoms with Crippen LogP contribution < -0.4 is 10.6 Å². The number of alkyl halides is 3. The number of anilines is 1. The number of benzene rings is 1. The molecule has 0 aromatic heterocycles. The summed E-state index contributed by atoms with van der Waals surface area (Å²) in [7, 11) is 1.64. The van der Waals surface area contributed by atoms with Crippen LogP contribution in [0.1, 0.15) is 24.9 Å². The van der Waals surface area contributed by atoms with E-state index < -0.39 is 12.6 Å². The highest BCUT2D eigenvalue weighted by atomic mass is 79.9. The average Bonchev–Trinajstić information content (AvgIpc) is 2.24. The summed E-state index contributed by atoms with van der Waals surface area (Å²) < 4.78 is 37.2. The Labute approximate surface area is 113 Å². The van der Waals surface area contributed by atoms with E-state index in [0.717, 1.165) is 15.7 Å². The molecular weight excluding hydrogens is 309 g/mol. The predicted molar refractivity (Wildman–Crippen MR) is 70.7 cm³/mol. The SMILES string of the molecule is C[C@H](N)c1ccc(N(C)CCC(F)(F)F)c(Br)c1. The fraction of sp³-hybridized carbons (Fsp3) is 0.500. The molecule has 0 amide bonds. The molecular formula is C12H16BrF3N2. The van der Waals surface area contributed by atoms with Gasteiger partial charge in [0.1, 0.15) is 0 Å². The van der Waals surface area contributed by atoms with Crippen molar-refractivity contribution < 1.29 is 13.2 Å². The monoisotopic (exact) mass is 324 g/mol. The van der Waals surface area contributed by atoms with Gasteiger partial charge in [0.25, 0.3) is 0 Å². The molecule has 0 aliphatic carbocycles. The van der Waals surface area contributed by atoms with E-state index in [-0.39, 0.29) is 12.6 Å². The van der Waals surface area contributed by atoms with Crippen LogP contribution in [0.3, 0.4) is 0 Å². The van der Waals surface area contributed by atoms with Gasteiger partial charge >= 0.3 is 6.18 Å². The molecule has 0 spiro atoms. The molecule has 0 bridgehead atoms. The van der Waals surface area contributed by atoms with Gasteiger partial charge in [0.15, 0.2) is 0 Å². The molecule has 6 heteroatoms. The third-order valence-electron chi connectivity index (χ3n) is 2.64. The van der Waals surface area contributed by atoms with E-state index in [1.165, 1.54) is 0 Å². The predicted octanol–water partition coefficient (Wildman–Crippen LogP) is 3.86. The molecule has 0 saturated carbocycles. The van der Waals surface area contributed by atoms with E-state index in [0.29, 0.717) is 0 Å². The van der Waals surface area contributed by atoms with Crippen molar-refractivity contribution in [2.45, 2.75) is 25.6 Å². The van der Waals surface area contributed by atoms with Crippen LogP contribution in [-0.2, 0) is 0 Å². The lowest BCUT2D eigenvalue weighted by Crippen LogP contribution is -2.24. The molecule has 0 radical (unpaired) electrons. The van der Waals surface area contributed by atoms with Gasteiger partial charge in [-0.1, -0.05) is 6.07 Å². The molecule has 1 aromatic carbocycles. The van der Waals surface area contributed by atoms with E-state index in [4.69, 9.17) is 5.73 Å². The summed E-state index contributed by atoms with van der Waals surface area (Å²) in [6.07, 6.45) is -4.96. The molecule has 0 saturated heterocycles. The molecule has 0 fully saturated rings. The number of nitrogens with zero attached hydrogens (tertiary/aromatic N) is 1. The van der Waals surface area contributed by atoms with E-state index in [9.17, 15) is 13.2 Å². The van der Waals surface area contributed by atoms with Gasteiger partial charge in [0.05, 0.1) is 12.1 Å². The van der Waals surface area contributed by atoms with Crippen molar-refractivity contribution in [3.63, 3.8) is 0 Å². The second-order valence-corrected chi connectivity index (χ2v) is 5.14. The lowest BCUT2D eigenvalue weighted by Gasteiger charge is -2.22. The lowest BCUT2D eigenvalue weighted by molar-refractivity contribution is -0.132. The highest BCUT2D eigenvalue weighted by molar-refractivity contribution is 9.10. The molecule has 18 heavy (non-hydrogen) atoms. The quantitative estimate of drug-likeness (QED) is 0.911. The second-order valence-electron chi connectivity index (χ2n) is 4.29. The summed E-state index contributed by atoms with van der Waals surface area (Å²) in [4.78, 5) is 1.57. The van der Waals surface area contributed by atoms with E-state index >= 15 is 0 Å². The summed E-state index contributed by atoms with van der Waals surface area (Å²) >= 11 is 3.36. The van der Waals surface area contributed by atoms with Crippen LogP contribution in [0, 0.1) is 0 Å². The van der Waals surface area contributed by atoms with E-state index in [1.807, 2.05) is 19.1 Å². The van der Waals surface area contributed by atoms with Crippen LogP contribution in [0.15, 0.2) is 22.7 Å². The van der Waals surface area contributed by atoms with Crippen LogP contribution in [0.5, 0.6) is 0 Å². The normalized spacial score (nSPS) is 13.5. The highest BCUT2D eigenvalue weighted by Crippen LogP contribution is 2.29. The van der Waals surface area contributed by atoms with Crippen molar-refractivity contribution in [2.75, 3.05) is 18.5 Å². The van der Waals surface area contributed by atoms with Gasteiger partial charge in [-0.3, -0.25) is 0 Å². The summed E-state index contributed by atoms with van der Waals surface area (Å²) in [6.45, 7) is 1.79. The molecule has 1 atom stereocenters. The smallest absolute Gasteiger partial charge is 0.373 e. The van der Waals surface area contributed by atoms with Crippen LogP contribution >= 0.6 is 15.9 Å². The van der Waals surface area contributed by atoms with Gasteiger partial charge in [-0.15, -0.1) is 0 Å². The molecule has 0 aliphatic rings. The zero-order valence-corrected chi connectivity index (χ0v) is 11.8. The van der Waals surface area contributed by atoms with Crippen molar-refractivity contribution in [3.8, 4) is 0 Å². The molecule has 2 N–H and O–H groups in total. The molecule has 1 aromatic rings. The fourth-order valence-corrected chi connectivity index (χ4v) is 2.23. The van der Waals surface area contributed by atoms with E-state index in [2.05, 4.69) is 15.9 Å². The zero-order chi connectivity index (χ0) is 13.9. The van der Waals surface area contributed by atoms with Crippen LogP contribution in [0.4, 0.5) is 18.9 Å². The maximum Gasteiger partial charge on any atom is 0.390 e. The first-order valence-electron chi connectivity index (χ1n) is 5.53. The second kappa shape index (κ2) is 5.93. The Morgan fingerprint density at radius 1 is 1.39 bits per heavy atom. The molecule has 0 unspecified atom stereocenters. The Balaban J connectivity index is 2.77. The third kappa shape index (κ3) is 4.49. The fourth-order valence-electron chi connectivity index (χ4n) is 1.53. The number of rotatable bonds is 4. The molecule has 1 rings (SSSR count). The Hall–Kier alpha value is -0.750. The number of hydrogen-bond donors (Lipinski definition) is 1. The van der Waals surface area contributed by atoms with Crippen molar-refractivity contribution in [1.82, 2.24) is 0 Å². The van der Waals surface area contributed by atoms with Gasteiger partial charge in [0, 0.05) is 24.1 Å². The van der Waals surface area contributed by atoms with Crippen molar-refractivity contribution >= 4 is 21.6 Å². The third-order valence-corrected chi connectivity index (χ3v) is 3.27. The number of halogens is 4. The van der Waals surface area contributed by atoms with Gasteiger partial charge in [-0.2, -0.15) is 13.2 Å². The summed E-state index contributed by atoms with van der Waals surface area (Å²) in [5, 5.41) is 0. The Morgan fingerprint density at radius 2 is 2.00 bits per heavy atom. The maximum atomic E-state index is 12.1. The minimum Gasteiger partial charge on any atom is -0.373 e. The Bertz CT molecular complexity index is 405. The first-order valence-corrected chi connectivity index (χ1v) is 6.33. The molecule has 0 heterocycles. The maximum absolute atomic E-state index is 12.1. The van der Waals surface area contributed by atoms with Crippen LogP contribution in [0.25, 0.3) is 0 Å². The topological polar surface area (TPSA) is 29.3 Å². The zero-order valence-electron chi connectivity index (χ0n) is 10.3. The van der Waals surface area contributed by atoms with Crippen molar-refractivity contribution in [2.24, 2.45) is 5.73 Å². The minimum absolute atomic E-state index is 0.0698. The summed E-state index contributed by atoms with van der Waals surface area (Å²) in [5.41, 5.74) is 7.41. The van der Waals surface area contributed by atoms with Gasteiger partial charge in [-0.25, -0.2) is 0 Å². The first kappa shape index (κ1) is 15.3. The molecule has 2 nitrogen and oxygen atoms in total. The Kier molecular flexibility index (Phi) is 5.04. The first-order chi connectivity index (χ1) is 8.20. The van der Waals surface area contributed by atoms with Gasteiger partial charge in [-0.05, 0) is 40.5 Å². The minimum atomic E-state index is -4.13. The highest BCUT2D eigenvalue weighted by Gasteiger charge is 2.27. The molecule has 0 aliphatic heterocycles. The van der Waals surface area contributed by atoms with Crippen molar-refractivity contribution in [3.05, 3.63) is 28.2 Å².